The molecule has 4 heteroatoms. The van der Waals surface area contributed by atoms with Gasteiger partial charge in [0.15, 0.2) is 0 Å². The fourth-order valence-electron chi connectivity index (χ4n) is 3.49. The van der Waals surface area contributed by atoms with Crippen molar-refractivity contribution < 1.29 is 0 Å². The highest BCUT2D eigenvalue weighted by atomic mass is 15.2. The highest BCUT2D eigenvalue weighted by molar-refractivity contribution is 5.34. The van der Waals surface area contributed by atoms with Crippen molar-refractivity contribution in [2.45, 2.75) is 32.7 Å². The maximum Gasteiger partial charge on any atom is 0.144 e. The number of likely N-dealkylation sites (tertiary alicyclic amines) is 1. The molecule has 1 aromatic heterocycles. The molecular weight excluding hydrogens is 224 g/mol. The fourth-order valence-corrected chi connectivity index (χ4v) is 3.49. The Balaban J connectivity index is 1.68. The smallest absolute Gasteiger partial charge is 0.144 e. The molecule has 2 fully saturated rings. The van der Waals surface area contributed by atoms with Crippen LogP contribution < -0.4 is 5.32 Å². The van der Waals surface area contributed by atoms with Crippen LogP contribution in [0.3, 0.4) is 0 Å². The summed E-state index contributed by atoms with van der Waals surface area (Å²) in [6, 6.07) is 1.99. The molecule has 0 spiro atoms. The number of fused-ring (bicyclic) bond motifs is 1. The molecule has 0 radical (unpaired) electrons. The predicted molar refractivity (Wildman–Crippen MR) is 72.4 cm³/mol. The normalized spacial score (nSPS) is 27.4. The topological polar surface area (TPSA) is 41.1 Å². The van der Waals surface area contributed by atoms with Gasteiger partial charge in [-0.2, -0.15) is 0 Å². The van der Waals surface area contributed by atoms with Crippen molar-refractivity contribution in [1.82, 2.24) is 14.9 Å². The van der Waals surface area contributed by atoms with E-state index in [1.165, 1.54) is 32.4 Å². The standard InChI is InChI=1S/C14H22N4/c1-10-6-13(15-2)17-14(16-10)9-18-7-11-4-3-5-12(11)8-18/h6,11-12H,3-5,7-9H2,1-2H3,(H,15,16,17). The van der Waals surface area contributed by atoms with Crippen molar-refractivity contribution in [2.75, 3.05) is 25.5 Å². The summed E-state index contributed by atoms with van der Waals surface area (Å²) in [6.07, 6.45) is 4.29. The molecule has 3 rings (SSSR count). The van der Waals surface area contributed by atoms with Gasteiger partial charge in [-0.1, -0.05) is 6.42 Å². The van der Waals surface area contributed by atoms with Gasteiger partial charge in [0, 0.05) is 31.9 Å². The summed E-state index contributed by atoms with van der Waals surface area (Å²) in [5.74, 6) is 3.77. The van der Waals surface area contributed by atoms with Crippen molar-refractivity contribution in [3.8, 4) is 0 Å². The average molecular weight is 246 g/mol. The van der Waals surface area contributed by atoms with E-state index in [0.29, 0.717) is 0 Å². The van der Waals surface area contributed by atoms with E-state index >= 15 is 0 Å². The minimum absolute atomic E-state index is 0.906. The van der Waals surface area contributed by atoms with E-state index in [0.717, 1.165) is 35.7 Å². The van der Waals surface area contributed by atoms with Crippen LogP contribution in [0.2, 0.25) is 0 Å². The molecule has 2 heterocycles. The molecule has 1 N–H and O–H groups in total. The first-order valence-electron chi connectivity index (χ1n) is 6.99. The lowest BCUT2D eigenvalue weighted by Gasteiger charge is -2.16. The molecule has 18 heavy (non-hydrogen) atoms. The Morgan fingerprint density at radius 1 is 1.28 bits per heavy atom. The predicted octanol–water partition coefficient (Wildman–Crippen LogP) is 2.06. The Morgan fingerprint density at radius 2 is 2.00 bits per heavy atom. The van der Waals surface area contributed by atoms with Crippen molar-refractivity contribution in [1.29, 1.82) is 0 Å². The van der Waals surface area contributed by atoms with Gasteiger partial charge in [0.05, 0.1) is 6.54 Å². The highest BCUT2D eigenvalue weighted by Gasteiger charge is 2.36. The third-order valence-electron chi connectivity index (χ3n) is 4.32. The number of hydrogen-bond acceptors (Lipinski definition) is 4. The second-order valence-corrected chi connectivity index (χ2v) is 5.71. The second-order valence-electron chi connectivity index (χ2n) is 5.71. The number of hydrogen-bond donors (Lipinski definition) is 1. The maximum absolute atomic E-state index is 4.55. The summed E-state index contributed by atoms with van der Waals surface area (Å²) in [5.41, 5.74) is 1.05. The lowest BCUT2D eigenvalue weighted by Crippen LogP contribution is -2.22. The summed E-state index contributed by atoms with van der Waals surface area (Å²) in [6.45, 7) is 5.43. The molecule has 1 saturated heterocycles. The first-order valence-corrected chi connectivity index (χ1v) is 6.99. The number of nitrogens with one attached hydrogen (secondary N) is 1. The summed E-state index contributed by atoms with van der Waals surface area (Å²) < 4.78 is 0. The number of aromatic nitrogens is 2. The van der Waals surface area contributed by atoms with Gasteiger partial charge in [-0.05, 0) is 31.6 Å². The van der Waals surface area contributed by atoms with Crippen LogP contribution in [-0.2, 0) is 6.54 Å². The molecular formula is C14H22N4. The minimum Gasteiger partial charge on any atom is -0.373 e. The highest BCUT2D eigenvalue weighted by Crippen LogP contribution is 2.37. The quantitative estimate of drug-likeness (QED) is 0.886. The van der Waals surface area contributed by atoms with Crippen LogP contribution in [0, 0.1) is 18.8 Å². The lowest BCUT2D eigenvalue weighted by atomic mass is 10.0. The van der Waals surface area contributed by atoms with Crippen LogP contribution in [0.4, 0.5) is 5.82 Å². The Hall–Kier alpha value is -1.16. The van der Waals surface area contributed by atoms with Crippen molar-refractivity contribution in [3.05, 3.63) is 17.6 Å². The largest absolute Gasteiger partial charge is 0.373 e. The minimum atomic E-state index is 0.906. The van der Waals surface area contributed by atoms with Crippen molar-refractivity contribution >= 4 is 5.82 Å². The average Bonchev–Trinajstić information content (AvgIpc) is 2.88. The first-order chi connectivity index (χ1) is 8.74. The Morgan fingerprint density at radius 3 is 2.67 bits per heavy atom. The summed E-state index contributed by atoms with van der Waals surface area (Å²) in [4.78, 5) is 11.6. The van der Waals surface area contributed by atoms with Crippen molar-refractivity contribution in [3.63, 3.8) is 0 Å². The Kier molecular flexibility index (Phi) is 3.20. The molecule has 2 unspecified atom stereocenters. The molecule has 0 aromatic carbocycles. The van der Waals surface area contributed by atoms with E-state index in [-0.39, 0.29) is 0 Å². The lowest BCUT2D eigenvalue weighted by molar-refractivity contribution is 0.296. The van der Waals surface area contributed by atoms with Crippen LogP contribution in [-0.4, -0.2) is 35.0 Å². The number of rotatable bonds is 3. The second kappa shape index (κ2) is 4.84. The zero-order valence-electron chi connectivity index (χ0n) is 11.3. The molecule has 1 aliphatic carbocycles. The summed E-state index contributed by atoms with van der Waals surface area (Å²) >= 11 is 0. The van der Waals surface area contributed by atoms with Gasteiger partial charge in [-0.15, -0.1) is 0 Å². The summed E-state index contributed by atoms with van der Waals surface area (Å²) in [7, 11) is 1.91. The molecule has 1 saturated carbocycles. The van der Waals surface area contributed by atoms with E-state index in [1.54, 1.807) is 0 Å². The monoisotopic (exact) mass is 246 g/mol. The molecule has 4 nitrogen and oxygen atoms in total. The van der Waals surface area contributed by atoms with E-state index in [2.05, 4.69) is 20.2 Å². The van der Waals surface area contributed by atoms with Gasteiger partial charge in [-0.3, -0.25) is 4.90 Å². The first kappa shape index (κ1) is 11.9. The molecule has 1 aliphatic heterocycles. The molecule has 1 aromatic rings. The van der Waals surface area contributed by atoms with Crippen LogP contribution >= 0.6 is 0 Å². The number of anilines is 1. The van der Waals surface area contributed by atoms with E-state index in [9.17, 15) is 0 Å². The van der Waals surface area contributed by atoms with Crippen LogP contribution in [0.25, 0.3) is 0 Å². The van der Waals surface area contributed by atoms with Gasteiger partial charge in [-0.25, -0.2) is 9.97 Å². The molecule has 0 amide bonds. The van der Waals surface area contributed by atoms with Crippen LogP contribution in [0.15, 0.2) is 6.07 Å². The Bertz CT molecular complexity index is 420. The molecule has 0 bridgehead atoms. The molecule has 98 valence electrons. The van der Waals surface area contributed by atoms with E-state index in [4.69, 9.17) is 0 Å². The van der Waals surface area contributed by atoms with Crippen molar-refractivity contribution in [2.24, 2.45) is 11.8 Å². The van der Waals surface area contributed by atoms with E-state index in [1.807, 2.05) is 20.0 Å². The van der Waals surface area contributed by atoms with Crippen LogP contribution in [0.1, 0.15) is 30.8 Å². The van der Waals surface area contributed by atoms with Gasteiger partial charge < -0.3 is 5.32 Å². The molecule has 2 atom stereocenters. The third-order valence-corrected chi connectivity index (χ3v) is 4.32. The van der Waals surface area contributed by atoms with E-state index < -0.39 is 0 Å². The van der Waals surface area contributed by atoms with Crippen LogP contribution in [0.5, 0.6) is 0 Å². The SMILES string of the molecule is CNc1cc(C)nc(CN2CC3CCCC3C2)n1. The summed E-state index contributed by atoms with van der Waals surface area (Å²) in [5, 5.41) is 3.10. The Labute approximate surface area is 109 Å². The van der Waals surface area contributed by atoms with Gasteiger partial charge >= 0.3 is 0 Å². The zero-order valence-corrected chi connectivity index (χ0v) is 11.3. The zero-order chi connectivity index (χ0) is 12.5. The maximum atomic E-state index is 4.55. The van der Waals surface area contributed by atoms with Gasteiger partial charge in [0.2, 0.25) is 0 Å². The third kappa shape index (κ3) is 2.34. The number of nitrogens with zero attached hydrogens (tertiary/aromatic N) is 3. The fraction of sp³-hybridized carbons (Fsp3) is 0.714. The van der Waals surface area contributed by atoms with Gasteiger partial charge in [0.25, 0.3) is 0 Å². The molecule has 2 aliphatic rings. The van der Waals surface area contributed by atoms with Gasteiger partial charge in [0.1, 0.15) is 11.6 Å². The number of aryl methyl sites for hydroxylation is 1.